The minimum atomic E-state index is 0.109. The number of aromatic hydroxyl groups is 1. The molecule has 0 unspecified atom stereocenters. The fraction of sp³-hybridized carbons (Fsp3) is 0.556. The van der Waals surface area contributed by atoms with E-state index in [9.17, 15) is 5.11 Å². The molecule has 1 saturated heterocycles. The number of nitrogens with two attached hydrogens (primary N) is 1. The lowest BCUT2D eigenvalue weighted by Crippen LogP contribution is -2.37. The summed E-state index contributed by atoms with van der Waals surface area (Å²) in [6.45, 7) is 2.99. The second-order valence-corrected chi connectivity index (χ2v) is 6.80. The maximum Gasteiger partial charge on any atom is 0.225 e. The van der Waals surface area contributed by atoms with Gasteiger partial charge in [0.15, 0.2) is 0 Å². The first-order chi connectivity index (χ1) is 12.2. The fourth-order valence-electron chi connectivity index (χ4n) is 3.48. The molecule has 0 radical (unpaired) electrons. The molecule has 0 spiro atoms. The molecule has 3 heterocycles. The van der Waals surface area contributed by atoms with Crippen molar-refractivity contribution in [1.82, 2.24) is 9.97 Å². The monoisotopic (exact) mass is 344 g/mol. The van der Waals surface area contributed by atoms with Gasteiger partial charge in [-0.05, 0) is 31.7 Å². The normalized spacial score (nSPS) is 24.4. The van der Waals surface area contributed by atoms with Gasteiger partial charge in [0, 0.05) is 25.2 Å². The number of morpholine rings is 1. The van der Waals surface area contributed by atoms with E-state index in [0.29, 0.717) is 19.1 Å². The van der Waals surface area contributed by atoms with Crippen LogP contribution in [0.25, 0.3) is 10.9 Å². The van der Waals surface area contributed by atoms with Crippen LogP contribution in [0.4, 0.5) is 5.82 Å². The number of anilines is 1. The van der Waals surface area contributed by atoms with Crippen molar-refractivity contribution >= 4 is 16.7 Å². The van der Waals surface area contributed by atoms with E-state index in [2.05, 4.69) is 9.88 Å². The highest BCUT2D eigenvalue weighted by atomic mass is 16.5. The van der Waals surface area contributed by atoms with Gasteiger partial charge < -0.3 is 25.2 Å². The first-order valence-electron chi connectivity index (χ1n) is 8.94. The van der Waals surface area contributed by atoms with E-state index >= 15 is 0 Å². The highest BCUT2D eigenvalue weighted by Gasteiger charge is 2.23. The lowest BCUT2D eigenvalue weighted by Gasteiger charge is -2.30. The SMILES string of the molecule is N[C@H]1CC[C@@H](Oc2nc(N3CCOCC3)cc3ncc(O)cc23)CC1. The summed E-state index contributed by atoms with van der Waals surface area (Å²) in [7, 11) is 0. The predicted molar refractivity (Wildman–Crippen MR) is 95.1 cm³/mol. The Morgan fingerprint density at radius 3 is 2.68 bits per heavy atom. The summed E-state index contributed by atoms with van der Waals surface area (Å²) in [6, 6.07) is 3.89. The van der Waals surface area contributed by atoms with E-state index in [1.165, 1.54) is 6.20 Å². The van der Waals surface area contributed by atoms with Gasteiger partial charge in [0.25, 0.3) is 0 Å². The number of rotatable bonds is 3. The summed E-state index contributed by atoms with van der Waals surface area (Å²) < 4.78 is 11.7. The second kappa shape index (κ2) is 7.01. The molecule has 2 aliphatic rings. The van der Waals surface area contributed by atoms with Crippen LogP contribution in [0.1, 0.15) is 25.7 Å². The van der Waals surface area contributed by atoms with Gasteiger partial charge in [-0.25, -0.2) is 0 Å². The van der Waals surface area contributed by atoms with Crippen molar-refractivity contribution in [2.75, 3.05) is 31.2 Å². The summed E-state index contributed by atoms with van der Waals surface area (Å²) in [6.07, 6.45) is 5.36. The molecule has 0 amide bonds. The lowest BCUT2D eigenvalue weighted by molar-refractivity contribution is 0.122. The number of ether oxygens (including phenoxy) is 2. The molecule has 7 nitrogen and oxygen atoms in total. The number of fused-ring (bicyclic) bond motifs is 1. The van der Waals surface area contributed by atoms with Gasteiger partial charge in [-0.3, -0.25) is 4.98 Å². The zero-order chi connectivity index (χ0) is 17.2. The number of hydrogen-bond donors (Lipinski definition) is 2. The van der Waals surface area contributed by atoms with Gasteiger partial charge in [0.2, 0.25) is 5.88 Å². The third-order valence-electron chi connectivity index (χ3n) is 4.95. The number of nitrogens with zero attached hydrogens (tertiary/aromatic N) is 3. The van der Waals surface area contributed by atoms with Crippen LogP contribution in [0.5, 0.6) is 11.6 Å². The molecule has 4 rings (SSSR count). The molecule has 134 valence electrons. The van der Waals surface area contributed by atoms with E-state index in [4.69, 9.17) is 20.2 Å². The summed E-state index contributed by atoms with van der Waals surface area (Å²) in [5.41, 5.74) is 6.76. The molecule has 2 aromatic heterocycles. The molecule has 0 bridgehead atoms. The Hall–Kier alpha value is -2.12. The van der Waals surface area contributed by atoms with E-state index in [-0.39, 0.29) is 17.9 Å². The summed E-state index contributed by atoms with van der Waals surface area (Å²) in [5.74, 6) is 1.50. The Labute approximate surface area is 146 Å². The molecule has 25 heavy (non-hydrogen) atoms. The van der Waals surface area contributed by atoms with Gasteiger partial charge in [-0.15, -0.1) is 0 Å². The highest BCUT2D eigenvalue weighted by molar-refractivity contribution is 5.86. The van der Waals surface area contributed by atoms with Gasteiger partial charge in [-0.2, -0.15) is 4.98 Å². The van der Waals surface area contributed by atoms with Gasteiger partial charge in [-0.1, -0.05) is 0 Å². The van der Waals surface area contributed by atoms with Crippen molar-refractivity contribution in [3.8, 4) is 11.6 Å². The van der Waals surface area contributed by atoms with Gasteiger partial charge in [0.1, 0.15) is 17.7 Å². The zero-order valence-corrected chi connectivity index (χ0v) is 14.2. The summed E-state index contributed by atoms with van der Waals surface area (Å²) in [5, 5.41) is 10.6. The third-order valence-corrected chi connectivity index (χ3v) is 4.95. The summed E-state index contributed by atoms with van der Waals surface area (Å²) >= 11 is 0. The predicted octanol–water partition coefficient (Wildman–Crippen LogP) is 1.82. The Balaban J connectivity index is 1.67. The molecular weight excluding hydrogens is 320 g/mol. The zero-order valence-electron chi connectivity index (χ0n) is 14.2. The Bertz CT molecular complexity index is 740. The summed E-state index contributed by atoms with van der Waals surface area (Å²) in [4.78, 5) is 11.3. The van der Waals surface area contributed by atoms with Crippen molar-refractivity contribution in [3.05, 3.63) is 18.3 Å². The highest BCUT2D eigenvalue weighted by Crippen LogP contribution is 2.32. The topological polar surface area (TPSA) is 93.7 Å². The van der Waals surface area contributed by atoms with Crippen LogP contribution in [0.3, 0.4) is 0 Å². The molecule has 1 aliphatic heterocycles. The Morgan fingerprint density at radius 1 is 1.16 bits per heavy atom. The molecule has 1 saturated carbocycles. The molecule has 1 aliphatic carbocycles. The van der Waals surface area contributed by atoms with Crippen molar-refractivity contribution in [1.29, 1.82) is 0 Å². The maximum absolute atomic E-state index is 9.82. The Morgan fingerprint density at radius 2 is 1.92 bits per heavy atom. The molecule has 3 N–H and O–H groups in total. The number of pyridine rings is 2. The molecule has 0 atom stereocenters. The van der Waals surface area contributed by atoms with Crippen LogP contribution in [0.2, 0.25) is 0 Å². The maximum atomic E-state index is 9.82. The van der Waals surface area contributed by atoms with Crippen molar-refractivity contribution in [2.24, 2.45) is 5.73 Å². The van der Waals surface area contributed by atoms with Gasteiger partial charge >= 0.3 is 0 Å². The number of hydrogen-bond acceptors (Lipinski definition) is 7. The standard InChI is InChI=1S/C18H24N4O3/c19-12-1-3-14(4-2-12)25-18-15-9-13(23)11-20-16(15)10-17(21-18)22-5-7-24-8-6-22/h9-12,14,23H,1-8,19H2/t12-,14+. The Kier molecular flexibility index (Phi) is 4.59. The van der Waals surface area contributed by atoms with E-state index in [1.54, 1.807) is 6.07 Å². The second-order valence-electron chi connectivity index (χ2n) is 6.80. The van der Waals surface area contributed by atoms with E-state index in [0.717, 1.165) is 55.5 Å². The van der Waals surface area contributed by atoms with Crippen LogP contribution >= 0.6 is 0 Å². The lowest BCUT2D eigenvalue weighted by atomic mass is 9.94. The third kappa shape index (κ3) is 3.62. The van der Waals surface area contributed by atoms with Crippen molar-refractivity contribution in [3.63, 3.8) is 0 Å². The van der Waals surface area contributed by atoms with Crippen LogP contribution in [0, 0.1) is 0 Å². The molecule has 2 fully saturated rings. The van der Waals surface area contributed by atoms with Crippen LogP contribution in [-0.4, -0.2) is 53.5 Å². The first-order valence-corrected chi connectivity index (χ1v) is 8.94. The number of aromatic nitrogens is 2. The minimum Gasteiger partial charge on any atom is -0.506 e. The average Bonchev–Trinajstić information content (AvgIpc) is 2.64. The fourth-order valence-corrected chi connectivity index (χ4v) is 3.48. The molecular formula is C18H24N4O3. The van der Waals surface area contributed by atoms with Crippen molar-refractivity contribution < 1.29 is 14.6 Å². The van der Waals surface area contributed by atoms with Crippen LogP contribution in [0.15, 0.2) is 18.3 Å². The smallest absolute Gasteiger partial charge is 0.225 e. The van der Waals surface area contributed by atoms with Crippen molar-refractivity contribution in [2.45, 2.75) is 37.8 Å². The minimum absolute atomic E-state index is 0.109. The largest absolute Gasteiger partial charge is 0.506 e. The molecule has 7 heteroatoms. The van der Waals surface area contributed by atoms with E-state index < -0.39 is 0 Å². The van der Waals surface area contributed by atoms with Crippen LogP contribution < -0.4 is 15.4 Å². The quantitative estimate of drug-likeness (QED) is 0.877. The van der Waals surface area contributed by atoms with Gasteiger partial charge in [0.05, 0.1) is 30.3 Å². The van der Waals surface area contributed by atoms with E-state index in [1.807, 2.05) is 6.07 Å². The average molecular weight is 344 g/mol. The van der Waals surface area contributed by atoms with Crippen LogP contribution in [-0.2, 0) is 4.74 Å². The molecule has 0 aromatic carbocycles. The first kappa shape index (κ1) is 16.4. The molecule has 2 aromatic rings.